The number of benzene rings is 2. The van der Waals surface area contributed by atoms with Crippen molar-refractivity contribution in [1.29, 1.82) is 0 Å². The average Bonchev–Trinajstić information content (AvgIpc) is 3.85. The van der Waals surface area contributed by atoms with E-state index in [1.807, 2.05) is 12.1 Å². The van der Waals surface area contributed by atoms with Crippen molar-refractivity contribution >= 4 is 23.6 Å². The number of aliphatic hydroxyl groups excluding tert-OH is 1. The molecule has 6 rings (SSSR count). The van der Waals surface area contributed by atoms with Crippen LogP contribution in [0.1, 0.15) is 36.8 Å². The van der Waals surface area contributed by atoms with Crippen molar-refractivity contribution in [2.75, 3.05) is 94.8 Å². The number of carbonyl (C=O) groups is 3. The number of nitrogens with zero attached hydrogens (tertiary/aromatic N) is 3. The number of amides is 3. The Morgan fingerprint density at radius 1 is 0.636 bits per heavy atom. The van der Waals surface area contributed by atoms with E-state index < -0.39 is 37.6 Å². The lowest BCUT2D eigenvalue weighted by Gasteiger charge is -2.24. The molecule has 3 amide bonds. The van der Waals surface area contributed by atoms with Gasteiger partial charge in [0.1, 0.15) is 41.3 Å². The Hall–Kier alpha value is -5.10. The second-order valence-corrected chi connectivity index (χ2v) is 14.6. The molecule has 23 heteroatoms. The number of hydrogen-bond donors (Lipinski definition) is 2. The van der Waals surface area contributed by atoms with Gasteiger partial charge in [-0.3, -0.25) is 19.4 Å². The van der Waals surface area contributed by atoms with E-state index in [0.717, 1.165) is 11.1 Å². The van der Waals surface area contributed by atoms with Gasteiger partial charge in [-0.2, -0.15) is 0 Å². The van der Waals surface area contributed by atoms with Crippen LogP contribution in [0, 0.1) is 0 Å². The molecule has 0 unspecified atom stereocenters. The normalized spacial score (nSPS) is 21.5. The smallest absolute Gasteiger partial charge is 0.266 e. The molecule has 2 aromatic rings. The standard InChI is InChI=1S/C15H19F2NO4.C15H21NO5.C7H11F2NO2.C6H9F2NO2/c1-20-11-4-3-10(12(7-11)21-2)8-18-9-13(15(16)17)22-6-5-14(18)19;1-19-12-4-3-11(14(7-12)20-2)8-16-9-13(10-17)21-6-5-15(16)18;1-11-6-2-3-12-5(4-10-6)7(8)9;7-6(8)4-3-9-5(10)1-2-11-4/h3-4,7,13,15H,5-6,8-9H2,1-2H3;3-4,7,13,17H,5-6,8-10H2,1-2H3;5,7H,2-4H2,1H3;4,6H,1-3H2,(H,9,10)/t2*13-;5-;4-/m0000/s1. The summed E-state index contributed by atoms with van der Waals surface area (Å²) in [5.41, 5.74) is 1.62. The summed E-state index contributed by atoms with van der Waals surface area (Å²) in [4.78, 5) is 41.7. The SMILES string of the molecule is COC1=NC[C@@H](C(F)F)OCC1.COc1ccc(CN2C[C@@H](C(F)F)OCCC2=O)c(OC)c1.COc1ccc(CN2C[C@@H](CO)OCCC2=O)c(OC)c1.O=C1CCO[C@H](C(F)F)CN1. The average molecular weight is 955 g/mol. The van der Waals surface area contributed by atoms with Crippen LogP contribution in [0.25, 0.3) is 0 Å². The molecule has 0 aliphatic carbocycles. The van der Waals surface area contributed by atoms with E-state index in [2.05, 4.69) is 10.3 Å². The topological polar surface area (TPSA) is 185 Å². The van der Waals surface area contributed by atoms with Crippen LogP contribution in [0.5, 0.6) is 23.0 Å². The number of halogens is 6. The summed E-state index contributed by atoms with van der Waals surface area (Å²) in [5.74, 6) is 2.61. The third kappa shape index (κ3) is 18.6. The van der Waals surface area contributed by atoms with E-state index in [-0.39, 0.29) is 89.3 Å². The van der Waals surface area contributed by atoms with Crippen LogP contribution in [0.3, 0.4) is 0 Å². The Balaban J connectivity index is 0.000000244. The fourth-order valence-corrected chi connectivity index (χ4v) is 6.41. The highest BCUT2D eigenvalue weighted by Gasteiger charge is 2.31. The molecule has 17 nitrogen and oxygen atoms in total. The Morgan fingerprint density at radius 3 is 1.62 bits per heavy atom. The summed E-state index contributed by atoms with van der Waals surface area (Å²) in [6.45, 7) is 1.37. The molecule has 372 valence electrons. The van der Waals surface area contributed by atoms with Crippen molar-refractivity contribution in [3.63, 3.8) is 0 Å². The van der Waals surface area contributed by atoms with Gasteiger partial charge in [-0.25, -0.2) is 26.3 Å². The van der Waals surface area contributed by atoms with Gasteiger partial charge in [0.15, 0.2) is 5.90 Å². The molecule has 4 heterocycles. The van der Waals surface area contributed by atoms with Crippen molar-refractivity contribution < 1.29 is 88.5 Å². The largest absolute Gasteiger partial charge is 0.497 e. The highest BCUT2D eigenvalue weighted by atomic mass is 19.3. The second-order valence-electron chi connectivity index (χ2n) is 14.6. The number of rotatable bonds is 12. The van der Waals surface area contributed by atoms with Gasteiger partial charge in [0.25, 0.3) is 19.3 Å². The zero-order valence-corrected chi connectivity index (χ0v) is 37.6. The first kappa shape index (κ1) is 55.2. The van der Waals surface area contributed by atoms with Crippen LogP contribution in [0.15, 0.2) is 41.4 Å². The molecule has 0 aromatic heterocycles. The van der Waals surface area contributed by atoms with Gasteiger partial charge < -0.3 is 62.9 Å². The molecule has 66 heavy (non-hydrogen) atoms. The van der Waals surface area contributed by atoms with Gasteiger partial charge in [0.05, 0.1) is 101 Å². The van der Waals surface area contributed by atoms with Crippen molar-refractivity contribution in [1.82, 2.24) is 15.1 Å². The summed E-state index contributed by atoms with van der Waals surface area (Å²) in [5, 5.41) is 11.6. The van der Waals surface area contributed by atoms with Gasteiger partial charge in [0.2, 0.25) is 17.7 Å². The van der Waals surface area contributed by atoms with E-state index in [0.29, 0.717) is 61.4 Å². The summed E-state index contributed by atoms with van der Waals surface area (Å²) in [6.07, 6.45) is -10.3. The Kier molecular flexibility index (Phi) is 24.7. The maximum absolute atomic E-state index is 12.9. The highest BCUT2D eigenvalue weighted by molar-refractivity contribution is 5.77. The molecule has 0 radical (unpaired) electrons. The maximum atomic E-state index is 12.9. The van der Waals surface area contributed by atoms with Crippen LogP contribution >= 0.6 is 0 Å². The molecule has 3 fully saturated rings. The maximum Gasteiger partial charge on any atom is 0.266 e. The fraction of sp³-hybridized carbons (Fsp3) is 0.628. The van der Waals surface area contributed by atoms with Crippen molar-refractivity contribution in [2.24, 2.45) is 4.99 Å². The summed E-state index contributed by atoms with van der Waals surface area (Å²) in [7, 11) is 7.70. The molecule has 0 spiro atoms. The van der Waals surface area contributed by atoms with Crippen LogP contribution in [0.2, 0.25) is 0 Å². The molecule has 0 bridgehead atoms. The van der Waals surface area contributed by atoms with Gasteiger partial charge in [0, 0.05) is 62.3 Å². The van der Waals surface area contributed by atoms with Crippen LogP contribution < -0.4 is 24.3 Å². The lowest BCUT2D eigenvalue weighted by atomic mass is 10.1. The summed E-state index contributed by atoms with van der Waals surface area (Å²) >= 11 is 0. The third-order valence-corrected chi connectivity index (χ3v) is 10.1. The predicted octanol–water partition coefficient (Wildman–Crippen LogP) is 4.14. The number of aliphatic imine (C=N–C) groups is 1. The predicted molar refractivity (Wildman–Crippen MR) is 225 cm³/mol. The molecule has 0 saturated carbocycles. The minimum atomic E-state index is -2.62. The van der Waals surface area contributed by atoms with Crippen molar-refractivity contribution in [3.05, 3.63) is 47.5 Å². The quantitative estimate of drug-likeness (QED) is 0.290. The zero-order valence-electron chi connectivity index (χ0n) is 37.6. The number of hydrogen-bond acceptors (Lipinski definition) is 14. The van der Waals surface area contributed by atoms with E-state index in [4.69, 9.17) is 42.6 Å². The first-order valence-electron chi connectivity index (χ1n) is 20.9. The van der Waals surface area contributed by atoms with E-state index >= 15 is 0 Å². The number of nitrogens with one attached hydrogen (secondary N) is 1. The zero-order chi connectivity index (χ0) is 48.6. The first-order valence-corrected chi connectivity index (χ1v) is 20.9. The second kappa shape index (κ2) is 29.5. The van der Waals surface area contributed by atoms with Gasteiger partial charge >= 0.3 is 0 Å². The van der Waals surface area contributed by atoms with E-state index in [1.165, 1.54) is 26.2 Å². The molecular weight excluding hydrogens is 894 g/mol. The van der Waals surface area contributed by atoms with E-state index in [9.17, 15) is 45.8 Å². The number of aliphatic hydroxyl groups is 1. The molecule has 2 aromatic carbocycles. The number of ether oxygens (including phenoxy) is 9. The fourth-order valence-electron chi connectivity index (χ4n) is 6.41. The number of alkyl halides is 6. The van der Waals surface area contributed by atoms with Gasteiger partial charge in [-0.1, -0.05) is 0 Å². The lowest BCUT2D eigenvalue weighted by Crippen LogP contribution is -2.38. The van der Waals surface area contributed by atoms with Crippen molar-refractivity contribution in [3.8, 4) is 23.0 Å². The molecule has 3 saturated heterocycles. The minimum absolute atomic E-state index is 0.0131. The Morgan fingerprint density at radius 2 is 1.12 bits per heavy atom. The van der Waals surface area contributed by atoms with Crippen LogP contribution in [0.4, 0.5) is 26.3 Å². The van der Waals surface area contributed by atoms with Gasteiger partial charge in [-0.15, -0.1) is 0 Å². The monoisotopic (exact) mass is 954 g/mol. The summed E-state index contributed by atoms with van der Waals surface area (Å²) in [6, 6.07) is 10.7. The Bertz CT molecular complexity index is 1820. The van der Waals surface area contributed by atoms with Crippen LogP contribution in [-0.4, -0.2) is 177 Å². The molecule has 4 atom stereocenters. The van der Waals surface area contributed by atoms with E-state index in [1.54, 1.807) is 43.4 Å². The number of carbonyl (C=O) groups excluding carboxylic acids is 3. The summed E-state index contributed by atoms with van der Waals surface area (Å²) < 4.78 is 120. The van der Waals surface area contributed by atoms with Crippen molar-refractivity contribution in [2.45, 2.75) is 82.5 Å². The molecule has 4 aliphatic rings. The van der Waals surface area contributed by atoms with Gasteiger partial charge in [-0.05, 0) is 24.3 Å². The molecule has 4 aliphatic heterocycles. The third-order valence-electron chi connectivity index (χ3n) is 10.1. The molecular formula is C43H60F6N4O13. The highest BCUT2D eigenvalue weighted by Crippen LogP contribution is 2.28. The van der Waals surface area contributed by atoms with Crippen LogP contribution in [-0.2, 0) is 51.2 Å². The minimum Gasteiger partial charge on any atom is -0.497 e. The first-order chi connectivity index (χ1) is 31.7. The molecule has 2 N–H and O–H groups in total. The lowest BCUT2D eigenvalue weighted by molar-refractivity contribution is -0.132. The Labute approximate surface area is 379 Å². The number of methoxy groups -OCH3 is 5.